The summed E-state index contributed by atoms with van der Waals surface area (Å²) in [6.07, 6.45) is 0. The number of methoxy groups -OCH3 is 2. The van der Waals surface area contributed by atoms with Gasteiger partial charge in [0.1, 0.15) is 11.5 Å². The van der Waals surface area contributed by atoms with Crippen LogP contribution in [-0.2, 0) is 0 Å². The SMILES string of the molecule is COc1ccc(C)cc1C(N)c1cc(Br)c(C)cc1OC. The second-order valence-corrected chi connectivity index (χ2v) is 5.92. The molecule has 0 aliphatic rings. The molecule has 1 unspecified atom stereocenters. The van der Waals surface area contributed by atoms with Gasteiger partial charge < -0.3 is 15.2 Å². The molecule has 2 aromatic rings. The van der Waals surface area contributed by atoms with Crippen LogP contribution < -0.4 is 15.2 Å². The molecule has 0 saturated heterocycles. The number of nitrogens with two attached hydrogens (primary N) is 1. The number of benzene rings is 2. The zero-order chi connectivity index (χ0) is 15.6. The Morgan fingerprint density at radius 2 is 1.57 bits per heavy atom. The first kappa shape index (κ1) is 15.9. The maximum atomic E-state index is 6.48. The minimum absolute atomic E-state index is 0.313. The van der Waals surface area contributed by atoms with Crippen molar-refractivity contribution in [3.05, 3.63) is 57.1 Å². The fourth-order valence-corrected chi connectivity index (χ4v) is 2.72. The van der Waals surface area contributed by atoms with Gasteiger partial charge in [-0.2, -0.15) is 0 Å². The lowest BCUT2D eigenvalue weighted by Crippen LogP contribution is -2.14. The first-order chi connectivity index (χ1) is 9.97. The Kier molecular flexibility index (Phi) is 4.91. The van der Waals surface area contributed by atoms with Gasteiger partial charge in [0.05, 0.1) is 20.3 Å². The molecule has 2 N–H and O–H groups in total. The van der Waals surface area contributed by atoms with Crippen molar-refractivity contribution in [3.8, 4) is 11.5 Å². The molecule has 3 nitrogen and oxygen atoms in total. The molecule has 112 valence electrons. The van der Waals surface area contributed by atoms with Crippen molar-refractivity contribution in [1.29, 1.82) is 0 Å². The van der Waals surface area contributed by atoms with Gasteiger partial charge >= 0.3 is 0 Å². The number of hydrogen-bond acceptors (Lipinski definition) is 3. The van der Waals surface area contributed by atoms with Crippen LogP contribution in [0.25, 0.3) is 0 Å². The number of aryl methyl sites for hydroxylation is 2. The van der Waals surface area contributed by atoms with Gasteiger partial charge in [-0.1, -0.05) is 33.6 Å². The van der Waals surface area contributed by atoms with Crippen LogP contribution in [0.2, 0.25) is 0 Å². The topological polar surface area (TPSA) is 44.5 Å². The van der Waals surface area contributed by atoms with Gasteiger partial charge in [0, 0.05) is 15.6 Å². The summed E-state index contributed by atoms with van der Waals surface area (Å²) in [6, 6.07) is 9.70. The van der Waals surface area contributed by atoms with Gasteiger partial charge in [0.2, 0.25) is 0 Å². The molecule has 0 radical (unpaired) electrons. The van der Waals surface area contributed by atoms with Gasteiger partial charge in [0.25, 0.3) is 0 Å². The molecule has 0 saturated carbocycles. The summed E-state index contributed by atoms with van der Waals surface area (Å²) >= 11 is 3.56. The summed E-state index contributed by atoms with van der Waals surface area (Å²) in [6.45, 7) is 4.06. The monoisotopic (exact) mass is 349 g/mol. The van der Waals surface area contributed by atoms with E-state index in [9.17, 15) is 0 Å². The lowest BCUT2D eigenvalue weighted by Gasteiger charge is -2.20. The Bertz CT molecular complexity index is 655. The Hall–Kier alpha value is -1.52. The summed E-state index contributed by atoms with van der Waals surface area (Å²) in [5.74, 6) is 1.57. The van der Waals surface area contributed by atoms with Crippen LogP contribution in [0.1, 0.15) is 28.3 Å². The van der Waals surface area contributed by atoms with Crippen molar-refractivity contribution < 1.29 is 9.47 Å². The average molecular weight is 350 g/mol. The molecule has 0 aliphatic heterocycles. The lowest BCUT2D eigenvalue weighted by molar-refractivity contribution is 0.400. The molecule has 0 fully saturated rings. The number of hydrogen-bond donors (Lipinski definition) is 1. The quantitative estimate of drug-likeness (QED) is 0.902. The van der Waals surface area contributed by atoms with Crippen LogP contribution in [0.4, 0.5) is 0 Å². The third kappa shape index (κ3) is 3.22. The highest BCUT2D eigenvalue weighted by Gasteiger charge is 2.19. The van der Waals surface area contributed by atoms with E-state index in [1.54, 1.807) is 14.2 Å². The van der Waals surface area contributed by atoms with E-state index in [-0.39, 0.29) is 6.04 Å². The molecule has 0 bridgehead atoms. The maximum absolute atomic E-state index is 6.48. The van der Waals surface area contributed by atoms with E-state index in [2.05, 4.69) is 22.0 Å². The van der Waals surface area contributed by atoms with E-state index < -0.39 is 0 Å². The van der Waals surface area contributed by atoms with Gasteiger partial charge in [-0.15, -0.1) is 0 Å². The molecular weight excluding hydrogens is 330 g/mol. The summed E-state index contributed by atoms with van der Waals surface area (Å²) < 4.78 is 11.9. The summed E-state index contributed by atoms with van der Waals surface area (Å²) in [5, 5.41) is 0. The van der Waals surface area contributed by atoms with Gasteiger partial charge in [-0.3, -0.25) is 0 Å². The molecule has 0 amide bonds. The van der Waals surface area contributed by atoms with E-state index in [1.807, 2.05) is 38.1 Å². The number of ether oxygens (including phenoxy) is 2. The van der Waals surface area contributed by atoms with E-state index in [1.165, 1.54) is 0 Å². The highest BCUT2D eigenvalue weighted by Crippen LogP contribution is 2.36. The summed E-state index contributed by atoms with van der Waals surface area (Å²) in [5.41, 5.74) is 10.6. The molecule has 2 rings (SSSR count). The standard InChI is InChI=1S/C17H20BrNO2/c1-10-5-6-15(20-3)12(7-10)17(19)13-9-14(18)11(2)8-16(13)21-4/h5-9,17H,19H2,1-4H3. The van der Waals surface area contributed by atoms with Crippen LogP contribution >= 0.6 is 15.9 Å². The molecule has 21 heavy (non-hydrogen) atoms. The molecule has 4 heteroatoms. The minimum atomic E-state index is -0.313. The smallest absolute Gasteiger partial charge is 0.124 e. The molecular formula is C17H20BrNO2. The predicted octanol–water partition coefficient (Wildman–Crippen LogP) is 4.13. The fourth-order valence-electron chi connectivity index (χ4n) is 2.35. The van der Waals surface area contributed by atoms with E-state index in [0.717, 1.165) is 38.2 Å². The summed E-state index contributed by atoms with van der Waals surface area (Å²) in [7, 11) is 3.32. The Morgan fingerprint density at radius 3 is 2.19 bits per heavy atom. The lowest BCUT2D eigenvalue weighted by atomic mass is 9.95. The second-order valence-electron chi connectivity index (χ2n) is 5.07. The third-order valence-corrected chi connectivity index (χ3v) is 4.42. The Morgan fingerprint density at radius 1 is 0.952 bits per heavy atom. The number of rotatable bonds is 4. The van der Waals surface area contributed by atoms with Crippen LogP contribution in [-0.4, -0.2) is 14.2 Å². The molecule has 0 spiro atoms. The van der Waals surface area contributed by atoms with Crippen molar-refractivity contribution >= 4 is 15.9 Å². The van der Waals surface area contributed by atoms with Gasteiger partial charge in [-0.25, -0.2) is 0 Å². The van der Waals surface area contributed by atoms with Crippen molar-refractivity contribution in [2.75, 3.05) is 14.2 Å². The zero-order valence-corrected chi connectivity index (χ0v) is 14.3. The van der Waals surface area contributed by atoms with E-state index >= 15 is 0 Å². The van der Waals surface area contributed by atoms with Crippen LogP contribution in [0.3, 0.4) is 0 Å². The Labute approximate surface area is 134 Å². The highest BCUT2D eigenvalue weighted by atomic mass is 79.9. The maximum Gasteiger partial charge on any atom is 0.124 e. The largest absolute Gasteiger partial charge is 0.496 e. The van der Waals surface area contributed by atoms with Crippen LogP contribution in [0.15, 0.2) is 34.8 Å². The molecule has 0 heterocycles. The predicted molar refractivity (Wildman–Crippen MR) is 89.2 cm³/mol. The van der Waals surface area contributed by atoms with Crippen LogP contribution in [0, 0.1) is 13.8 Å². The van der Waals surface area contributed by atoms with Gasteiger partial charge in [0.15, 0.2) is 0 Å². The van der Waals surface area contributed by atoms with Gasteiger partial charge in [-0.05, 0) is 37.6 Å². The minimum Gasteiger partial charge on any atom is -0.496 e. The van der Waals surface area contributed by atoms with E-state index in [4.69, 9.17) is 15.2 Å². The van der Waals surface area contributed by atoms with Crippen LogP contribution in [0.5, 0.6) is 11.5 Å². The zero-order valence-electron chi connectivity index (χ0n) is 12.7. The third-order valence-electron chi connectivity index (χ3n) is 3.57. The second kappa shape index (κ2) is 6.50. The number of halogens is 1. The van der Waals surface area contributed by atoms with Crippen molar-refractivity contribution in [3.63, 3.8) is 0 Å². The van der Waals surface area contributed by atoms with Crippen molar-refractivity contribution in [2.45, 2.75) is 19.9 Å². The molecule has 0 aliphatic carbocycles. The first-order valence-electron chi connectivity index (χ1n) is 6.72. The fraction of sp³-hybridized carbons (Fsp3) is 0.294. The molecule has 0 aromatic heterocycles. The molecule has 2 aromatic carbocycles. The Balaban J connectivity index is 2.56. The average Bonchev–Trinajstić information content (AvgIpc) is 2.48. The molecule has 1 atom stereocenters. The van der Waals surface area contributed by atoms with Crippen molar-refractivity contribution in [2.24, 2.45) is 5.73 Å². The highest BCUT2D eigenvalue weighted by molar-refractivity contribution is 9.10. The normalized spacial score (nSPS) is 12.1. The van der Waals surface area contributed by atoms with Crippen molar-refractivity contribution in [1.82, 2.24) is 0 Å². The van der Waals surface area contributed by atoms with E-state index in [0.29, 0.717) is 0 Å². The summed E-state index contributed by atoms with van der Waals surface area (Å²) in [4.78, 5) is 0. The first-order valence-corrected chi connectivity index (χ1v) is 7.51.